The van der Waals surface area contributed by atoms with Gasteiger partial charge in [0.25, 0.3) is 5.91 Å². The van der Waals surface area contributed by atoms with Crippen LogP contribution < -0.4 is 0 Å². The summed E-state index contributed by atoms with van der Waals surface area (Å²) >= 11 is 5.97. The fraction of sp³-hybridized carbons (Fsp3) is 0.308. The minimum absolute atomic E-state index is 0.0216. The minimum Gasteiger partial charge on any atom is -0.333 e. The third kappa shape index (κ3) is 6.81. The van der Waals surface area contributed by atoms with Gasteiger partial charge in [-0.15, -0.1) is 0 Å². The number of rotatable bonds is 5. The van der Waals surface area contributed by atoms with E-state index in [-0.39, 0.29) is 12.6 Å². The zero-order valence-corrected chi connectivity index (χ0v) is 20.1. The Balaban J connectivity index is 1.65. The highest BCUT2D eigenvalue weighted by Crippen LogP contribution is 2.37. The fourth-order valence-electron chi connectivity index (χ4n) is 4.39. The van der Waals surface area contributed by atoms with Crippen LogP contribution in [0.25, 0.3) is 0 Å². The Kier molecular flexibility index (Phi) is 7.80. The first-order valence-electron chi connectivity index (χ1n) is 11.4. The molecule has 0 bridgehead atoms. The van der Waals surface area contributed by atoms with Crippen LogP contribution in [-0.2, 0) is 25.3 Å². The van der Waals surface area contributed by atoms with Crippen molar-refractivity contribution >= 4 is 17.5 Å². The van der Waals surface area contributed by atoms with Crippen molar-refractivity contribution in [3.05, 3.63) is 99.8 Å². The first-order chi connectivity index (χ1) is 17.4. The maximum atomic E-state index is 13.4. The van der Waals surface area contributed by atoms with Crippen molar-refractivity contribution in [1.82, 2.24) is 14.8 Å². The van der Waals surface area contributed by atoms with E-state index in [2.05, 4.69) is 9.88 Å². The smallest absolute Gasteiger partial charge is 0.333 e. The first-order valence-corrected chi connectivity index (χ1v) is 11.7. The van der Waals surface area contributed by atoms with Crippen LogP contribution in [0.3, 0.4) is 0 Å². The number of hydrogen-bond donors (Lipinski definition) is 0. The van der Waals surface area contributed by atoms with E-state index in [1.54, 1.807) is 42.7 Å². The van der Waals surface area contributed by atoms with Crippen LogP contribution in [0.5, 0.6) is 0 Å². The van der Waals surface area contributed by atoms with Crippen LogP contribution in [0.1, 0.15) is 32.6 Å². The molecule has 4 nitrogen and oxygen atoms in total. The summed E-state index contributed by atoms with van der Waals surface area (Å²) in [6.45, 7) is 1.43. The number of benzene rings is 2. The van der Waals surface area contributed by atoms with E-state index in [1.807, 2.05) is 6.07 Å². The highest BCUT2D eigenvalue weighted by Gasteiger charge is 2.39. The van der Waals surface area contributed by atoms with Crippen molar-refractivity contribution in [3.63, 3.8) is 0 Å². The van der Waals surface area contributed by atoms with Crippen molar-refractivity contribution in [2.45, 2.75) is 31.4 Å². The number of amides is 1. The Morgan fingerprint density at radius 1 is 0.919 bits per heavy atom. The van der Waals surface area contributed by atoms with Crippen LogP contribution in [0.4, 0.5) is 26.3 Å². The quantitative estimate of drug-likeness (QED) is 0.354. The molecule has 0 N–H and O–H groups in total. The van der Waals surface area contributed by atoms with E-state index in [1.165, 1.54) is 4.90 Å². The lowest BCUT2D eigenvalue weighted by Crippen LogP contribution is -2.55. The molecule has 37 heavy (non-hydrogen) atoms. The van der Waals surface area contributed by atoms with Crippen molar-refractivity contribution in [2.75, 3.05) is 19.6 Å². The number of hydrogen-bond acceptors (Lipinski definition) is 3. The molecule has 2 aromatic carbocycles. The van der Waals surface area contributed by atoms with Crippen molar-refractivity contribution < 1.29 is 31.1 Å². The van der Waals surface area contributed by atoms with E-state index in [9.17, 15) is 31.1 Å². The van der Waals surface area contributed by atoms with Crippen molar-refractivity contribution in [2.24, 2.45) is 0 Å². The van der Waals surface area contributed by atoms with Crippen LogP contribution in [0.15, 0.2) is 67.0 Å². The fourth-order valence-corrected chi connectivity index (χ4v) is 4.52. The zero-order chi connectivity index (χ0) is 26.8. The number of nitrogens with zero attached hydrogens (tertiary/aromatic N) is 3. The molecular formula is C26H22ClF6N3O. The minimum atomic E-state index is -5.04. The second kappa shape index (κ2) is 10.7. The summed E-state index contributed by atoms with van der Waals surface area (Å²) in [6, 6.07) is 11.1. The molecule has 196 valence electrons. The molecule has 3 aromatic rings. The van der Waals surface area contributed by atoms with Crippen molar-refractivity contribution in [3.8, 4) is 0 Å². The Morgan fingerprint density at radius 2 is 1.57 bits per heavy atom. The molecule has 4 rings (SSSR count). The molecule has 1 atom stereocenters. The second-order valence-electron chi connectivity index (χ2n) is 8.87. The summed E-state index contributed by atoms with van der Waals surface area (Å²) in [6.07, 6.45) is -6.37. The molecule has 1 saturated heterocycles. The normalized spacial score (nSPS) is 17.2. The highest BCUT2D eigenvalue weighted by molar-refractivity contribution is 6.30. The number of halogens is 7. The van der Waals surface area contributed by atoms with Gasteiger partial charge in [0, 0.05) is 55.2 Å². The molecule has 0 aliphatic carbocycles. The summed E-state index contributed by atoms with van der Waals surface area (Å²) in [5, 5.41) is 0.516. The molecule has 0 saturated carbocycles. The third-order valence-electron chi connectivity index (χ3n) is 6.18. The Morgan fingerprint density at radius 3 is 2.14 bits per heavy atom. The van der Waals surface area contributed by atoms with Crippen LogP contribution in [0, 0.1) is 0 Å². The number of piperazine rings is 1. The predicted molar refractivity (Wildman–Crippen MR) is 126 cm³/mol. The molecule has 0 radical (unpaired) electrons. The topological polar surface area (TPSA) is 36.4 Å². The van der Waals surface area contributed by atoms with Crippen LogP contribution in [-0.4, -0.2) is 46.4 Å². The van der Waals surface area contributed by atoms with Crippen LogP contribution in [0.2, 0.25) is 5.02 Å². The maximum absolute atomic E-state index is 13.4. The lowest BCUT2D eigenvalue weighted by atomic mass is 9.99. The molecule has 1 aliphatic heterocycles. The van der Waals surface area contributed by atoms with Crippen molar-refractivity contribution in [1.29, 1.82) is 0 Å². The van der Waals surface area contributed by atoms with Crippen LogP contribution >= 0.6 is 11.6 Å². The molecular weight excluding hydrogens is 520 g/mol. The van der Waals surface area contributed by atoms with E-state index in [0.29, 0.717) is 43.2 Å². The zero-order valence-electron chi connectivity index (χ0n) is 19.4. The van der Waals surface area contributed by atoms with Gasteiger partial charge in [-0.25, -0.2) is 0 Å². The molecule has 1 fully saturated rings. The van der Waals surface area contributed by atoms with Gasteiger partial charge in [0.1, 0.15) is 0 Å². The lowest BCUT2D eigenvalue weighted by Gasteiger charge is -2.42. The average molecular weight is 542 g/mol. The van der Waals surface area contributed by atoms with Gasteiger partial charge >= 0.3 is 12.4 Å². The lowest BCUT2D eigenvalue weighted by molar-refractivity contribution is -0.143. The summed E-state index contributed by atoms with van der Waals surface area (Å²) in [5.41, 5.74) is -1.91. The third-order valence-corrected chi connectivity index (χ3v) is 6.43. The molecule has 1 unspecified atom stereocenters. The summed E-state index contributed by atoms with van der Waals surface area (Å²) in [7, 11) is 0. The Hall–Kier alpha value is -3.11. The van der Waals surface area contributed by atoms with Gasteiger partial charge in [0.2, 0.25) is 0 Å². The molecule has 11 heteroatoms. The SMILES string of the molecule is O=C(c1cc(C(F)(F)F)cc(C(F)(F)F)c1)N1CCN(Cc2cccnc2)CC1Cc1ccc(Cl)cc1. The molecule has 0 spiro atoms. The van der Waals surface area contributed by atoms with Gasteiger partial charge in [-0.05, 0) is 53.9 Å². The Bertz CT molecular complexity index is 1200. The molecule has 1 aromatic heterocycles. The van der Waals surface area contributed by atoms with Gasteiger partial charge in [0.05, 0.1) is 11.1 Å². The number of alkyl halides is 6. The first kappa shape index (κ1) is 26.9. The number of carbonyl (C=O) groups is 1. The average Bonchev–Trinajstić information content (AvgIpc) is 2.84. The second-order valence-corrected chi connectivity index (χ2v) is 9.31. The number of aromatic nitrogens is 1. The highest BCUT2D eigenvalue weighted by atomic mass is 35.5. The summed E-state index contributed by atoms with van der Waals surface area (Å²) < 4.78 is 80.3. The van der Waals surface area contributed by atoms with E-state index < -0.39 is 41.0 Å². The molecule has 1 aliphatic rings. The van der Waals surface area contributed by atoms with E-state index >= 15 is 0 Å². The van der Waals surface area contributed by atoms with Gasteiger partial charge in [-0.3, -0.25) is 14.7 Å². The van der Waals surface area contributed by atoms with Gasteiger partial charge < -0.3 is 4.90 Å². The Labute approximate surface area is 214 Å². The number of carbonyl (C=O) groups excluding carboxylic acids is 1. The van der Waals surface area contributed by atoms with E-state index in [0.717, 1.165) is 11.1 Å². The van der Waals surface area contributed by atoms with E-state index in [4.69, 9.17) is 11.6 Å². The molecule has 2 heterocycles. The standard InChI is InChI=1S/C26H22ClF6N3O/c27-22-5-3-17(4-6-22)10-23-16-35(15-18-2-1-7-34-14-18)8-9-36(23)24(37)19-11-20(25(28,29)30)13-21(12-19)26(31,32)33/h1-7,11-14,23H,8-10,15-16H2. The van der Waals surface area contributed by atoms with Gasteiger partial charge in [-0.1, -0.05) is 29.8 Å². The maximum Gasteiger partial charge on any atom is 0.416 e. The molecule has 1 amide bonds. The predicted octanol–water partition coefficient (Wildman–Crippen LogP) is 6.34. The van der Waals surface area contributed by atoms with Gasteiger partial charge in [-0.2, -0.15) is 26.3 Å². The summed E-state index contributed by atoms with van der Waals surface area (Å²) in [4.78, 5) is 21.0. The number of pyridine rings is 1. The summed E-state index contributed by atoms with van der Waals surface area (Å²) in [5.74, 6) is -0.878. The monoisotopic (exact) mass is 541 g/mol. The largest absolute Gasteiger partial charge is 0.416 e. The van der Waals surface area contributed by atoms with Gasteiger partial charge in [0.15, 0.2) is 0 Å².